The van der Waals surface area contributed by atoms with Crippen LogP contribution in [-0.4, -0.2) is 101 Å². The van der Waals surface area contributed by atoms with Gasteiger partial charge in [-0.2, -0.15) is 0 Å². The second-order valence-corrected chi connectivity index (χ2v) is 8.08. The van der Waals surface area contributed by atoms with Gasteiger partial charge in [-0.25, -0.2) is 4.79 Å². The number of fused-ring (bicyclic) bond motifs is 1. The molecule has 0 aliphatic carbocycles. The second kappa shape index (κ2) is 7.47. The molecule has 0 radical (unpaired) electrons. The predicted molar refractivity (Wildman–Crippen MR) is 93.0 cm³/mol. The van der Waals surface area contributed by atoms with Crippen molar-refractivity contribution in [1.29, 1.82) is 0 Å². The number of carboxylic acids is 1. The summed E-state index contributed by atoms with van der Waals surface area (Å²) in [7, 11) is 0. The first-order chi connectivity index (χ1) is 10.8. The van der Waals surface area contributed by atoms with E-state index in [1.165, 1.54) is 16.7 Å². The number of carboxylic acid groups (broad SMARTS) is 1. The number of carbonyl (C=O) groups is 3. The third-order valence-corrected chi connectivity index (χ3v) is 5.77. The summed E-state index contributed by atoms with van der Waals surface area (Å²) in [6, 6.07) is 7.78. The number of thioether (sulfide) groups is 1. The minimum absolute atomic E-state index is 0. The summed E-state index contributed by atoms with van der Waals surface area (Å²) in [6.07, 6.45) is 0.202. The van der Waals surface area contributed by atoms with Gasteiger partial charge in [-0.05, 0) is 19.4 Å². The standard InChI is InChI=1S/C16H18N2O4S.K.H/c1-16(2)12(15(21)22)18-13(20)11(14(18)23-16)17-10(19)8-9-6-4-3-5-7-9;;/h3-7,11-12,14H,8H2,1-2H3,(H,17,19)(H,21,22);;/t11-,12-,14+;;/m0../s1. The molecule has 124 valence electrons. The monoisotopic (exact) mass is 374 g/mol. The molecule has 0 aromatic heterocycles. The molecule has 0 unspecified atom stereocenters. The van der Waals surface area contributed by atoms with Crippen LogP contribution >= 0.6 is 11.8 Å². The summed E-state index contributed by atoms with van der Waals surface area (Å²) in [5.74, 6) is -1.55. The predicted octanol–water partition coefficient (Wildman–Crippen LogP) is 0.212. The third kappa shape index (κ3) is 3.59. The number of nitrogens with one attached hydrogen (secondary N) is 1. The summed E-state index contributed by atoms with van der Waals surface area (Å²) in [4.78, 5) is 37.2. The normalized spacial score (nSPS) is 26.8. The molecule has 2 fully saturated rings. The Labute approximate surface area is 187 Å². The van der Waals surface area contributed by atoms with Crippen molar-refractivity contribution in [2.45, 2.75) is 42.5 Å². The SMILES string of the molecule is CC1(C)S[C@@H]2[C@@H](NC(=O)Cc3ccccc3)C(=O)N2[C@H]1C(=O)O.[KH]. The van der Waals surface area contributed by atoms with Gasteiger partial charge >= 0.3 is 57.4 Å². The van der Waals surface area contributed by atoms with E-state index in [0.29, 0.717) is 0 Å². The number of hydrogen-bond donors (Lipinski definition) is 2. The maximum absolute atomic E-state index is 12.3. The van der Waals surface area contributed by atoms with E-state index in [1.54, 1.807) is 0 Å². The summed E-state index contributed by atoms with van der Waals surface area (Å²) in [5, 5.41) is 11.8. The van der Waals surface area contributed by atoms with Crippen LogP contribution in [0.2, 0.25) is 0 Å². The van der Waals surface area contributed by atoms with Crippen molar-refractivity contribution >= 4 is 80.9 Å². The van der Waals surface area contributed by atoms with Crippen LogP contribution in [0, 0.1) is 0 Å². The number of amides is 2. The first-order valence-electron chi connectivity index (χ1n) is 7.37. The third-order valence-electron chi connectivity index (χ3n) is 4.20. The Kier molecular flexibility index (Phi) is 6.20. The molecule has 0 spiro atoms. The van der Waals surface area contributed by atoms with E-state index in [0.717, 1.165) is 5.56 Å². The molecule has 2 aliphatic rings. The van der Waals surface area contributed by atoms with Gasteiger partial charge in [0.05, 0.1) is 6.42 Å². The van der Waals surface area contributed by atoms with Gasteiger partial charge in [0.2, 0.25) is 11.8 Å². The fourth-order valence-electron chi connectivity index (χ4n) is 3.15. The molecular formula is C16H19KN2O4S. The Morgan fingerprint density at radius 2 is 1.92 bits per heavy atom. The molecule has 6 nitrogen and oxygen atoms in total. The van der Waals surface area contributed by atoms with Crippen molar-refractivity contribution in [3.05, 3.63) is 35.9 Å². The van der Waals surface area contributed by atoms with Crippen molar-refractivity contribution < 1.29 is 19.5 Å². The molecule has 2 N–H and O–H groups in total. The maximum atomic E-state index is 12.3. The zero-order valence-electron chi connectivity index (χ0n) is 12.9. The first kappa shape index (κ1) is 19.9. The number of hydrogen-bond acceptors (Lipinski definition) is 4. The van der Waals surface area contributed by atoms with E-state index in [9.17, 15) is 19.5 Å². The van der Waals surface area contributed by atoms with E-state index in [4.69, 9.17) is 0 Å². The molecule has 2 aliphatic heterocycles. The fourth-order valence-corrected chi connectivity index (χ4v) is 4.78. The first-order valence-corrected chi connectivity index (χ1v) is 8.25. The molecular weight excluding hydrogens is 355 g/mol. The molecule has 2 heterocycles. The zero-order valence-corrected chi connectivity index (χ0v) is 13.7. The van der Waals surface area contributed by atoms with Crippen molar-refractivity contribution in [2.75, 3.05) is 0 Å². The Morgan fingerprint density at radius 3 is 2.50 bits per heavy atom. The second-order valence-electron chi connectivity index (χ2n) is 6.31. The van der Waals surface area contributed by atoms with Crippen LogP contribution in [0.5, 0.6) is 0 Å². The fraction of sp³-hybridized carbons (Fsp3) is 0.438. The van der Waals surface area contributed by atoms with Crippen LogP contribution < -0.4 is 5.32 Å². The van der Waals surface area contributed by atoms with E-state index in [1.807, 2.05) is 44.2 Å². The number of aliphatic carboxylic acids is 1. The van der Waals surface area contributed by atoms with Crippen LogP contribution in [0.3, 0.4) is 0 Å². The molecule has 0 saturated carbocycles. The number of carbonyl (C=O) groups excluding carboxylic acids is 2. The van der Waals surface area contributed by atoms with E-state index < -0.39 is 22.8 Å². The summed E-state index contributed by atoms with van der Waals surface area (Å²) in [6.45, 7) is 3.62. The molecule has 1 aromatic carbocycles. The van der Waals surface area contributed by atoms with Gasteiger partial charge in [-0.1, -0.05) is 30.3 Å². The summed E-state index contributed by atoms with van der Waals surface area (Å²) >= 11 is 1.42. The number of benzene rings is 1. The van der Waals surface area contributed by atoms with E-state index in [2.05, 4.69) is 5.32 Å². The van der Waals surface area contributed by atoms with Gasteiger partial charge < -0.3 is 15.3 Å². The van der Waals surface area contributed by atoms with E-state index >= 15 is 0 Å². The topological polar surface area (TPSA) is 86.7 Å². The average molecular weight is 375 g/mol. The number of rotatable bonds is 4. The molecule has 3 atom stereocenters. The van der Waals surface area contributed by atoms with Gasteiger partial charge in [-0.3, -0.25) is 9.59 Å². The summed E-state index contributed by atoms with van der Waals surface area (Å²) in [5.41, 5.74) is 0.872. The average Bonchev–Trinajstić information content (AvgIpc) is 2.74. The molecule has 3 rings (SSSR count). The zero-order chi connectivity index (χ0) is 16.8. The quantitative estimate of drug-likeness (QED) is 0.581. The summed E-state index contributed by atoms with van der Waals surface area (Å²) < 4.78 is -0.578. The number of β-lactam (4-membered cyclic amide) rings is 1. The van der Waals surface area contributed by atoms with Gasteiger partial charge in [0, 0.05) is 4.75 Å². The van der Waals surface area contributed by atoms with Crippen molar-refractivity contribution in [2.24, 2.45) is 0 Å². The van der Waals surface area contributed by atoms with Crippen LogP contribution in [0.15, 0.2) is 30.3 Å². The Hall–Kier alpha value is -0.384. The van der Waals surface area contributed by atoms with Crippen molar-refractivity contribution in [3.8, 4) is 0 Å². The molecule has 8 heteroatoms. The van der Waals surface area contributed by atoms with Gasteiger partial charge in [-0.15, -0.1) is 11.8 Å². The van der Waals surface area contributed by atoms with Crippen LogP contribution in [0.4, 0.5) is 0 Å². The van der Waals surface area contributed by atoms with Crippen LogP contribution in [0.1, 0.15) is 19.4 Å². The van der Waals surface area contributed by atoms with Crippen LogP contribution in [-0.2, 0) is 20.8 Å². The number of nitrogens with zero attached hydrogens (tertiary/aromatic N) is 1. The molecule has 2 amide bonds. The minimum atomic E-state index is -1.01. The molecule has 1 aromatic rings. The van der Waals surface area contributed by atoms with E-state index in [-0.39, 0.29) is 75.0 Å². The van der Waals surface area contributed by atoms with Crippen LogP contribution in [0.25, 0.3) is 0 Å². The molecule has 24 heavy (non-hydrogen) atoms. The molecule has 2 saturated heterocycles. The van der Waals surface area contributed by atoms with Crippen molar-refractivity contribution in [3.63, 3.8) is 0 Å². The van der Waals surface area contributed by atoms with Gasteiger partial charge in [0.1, 0.15) is 17.5 Å². The van der Waals surface area contributed by atoms with Gasteiger partial charge in [0.15, 0.2) is 0 Å². The Morgan fingerprint density at radius 1 is 1.29 bits per heavy atom. The van der Waals surface area contributed by atoms with Crippen molar-refractivity contribution in [1.82, 2.24) is 10.2 Å². The molecule has 0 bridgehead atoms. The Bertz CT molecular complexity index is 667. The van der Waals surface area contributed by atoms with Gasteiger partial charge in [0.25, 0.3) is 0 Å². The Balaban J connectivity index is 0.00000208.